The van der Waals surface area contributed by atoms with Crippen molar-refractivity contribution in [2.24, 2.45) is 0 Å². The minimum atomic E-state index is -0.439. The lowest BCUT2D eigenvalue weighted by molar-refractivity contribution is -0.123. The van der Waals surface area contributed by atoms with Crippen LogP contribution in [0.5, 0.6) is 0 Å². The van der Waals surface area contributed by atoms with Crippen LogP contribution in [-0.2, 0) is 29.0 Å². The number of nitrogens with zero attached hydrogens (tertiary/aromatic N) is 2. The van der Waals surface area contributed by atoms with Crippen molar-refractivity contribution in [3.05, 3.63) is 64.2 Å². The molecule has 1 aromatic heterocycles. The molecule has 7 nitrogen and oxygen atoms in total. The van der Waals surface area contributed by atoms with Gasteiger partial charge in [-0.25, -0.2) is 4.98 Å². The highest BCUT2D eigenvalue weighted by atomic mass is 16.2. The number of aromatic nitrogens is 2. The molecule has 2 heterocycles. The van der Waals surface area contributed by atoms with Crippen LogP contribution in [0.15, 0.2) is 47.3 Å². The van der Waals surface area contributed by atoms with E-state index in [1.807, 2.05) is 25.1 Å². The summed E-state index contributed by atoms with van der Waals surface area (Å²) in [6.45, 7) is 2.71. The highest BCUT2D eigenvalue weighted by Crippen LogP contribution is 2.19. The normalized spacial score (nSPS) is 13.3. The highest BCUT2D eigenvalue weighted by Gasteiger charge is 2.15. The number of rotatable bonds is 5. The lowest BCUT2D eigenvalue weighted by Crippen LogP contribution is -2.25. The molecule has 0 fully saturated rings. The zero-order valence-electron chi connectivity index (χ0n) is 17.6. The molecule has 0 saturated heterocycles. The molecule has 2 N–H and O–H groups in total. The maximum absolute atomic E-state index is 12.9. The Morgan fingerprint density at radius 1 is 1.00 bits per heavy atom. The molecule has 2 amide bonds. The number of benzene rings is 2. The summed E-state index contributed by atoms with van der Waals surface area (Å²) >= 11 is 0. The first kappa shape index (κ1) is 20.8. The topological polar surface area (TPSA) is 93.1 Å². The third-order valence-corrected chi connectivity index (χ3v) is 5.54. The SMILES string of the molecule is CCc1cccc(NC(=O)CC(=O)Nc2ccc3nc4n(c(=O)c3c2)CCCCC4)c1. The minimum absolute atomic E-state index is 0.0773. The van der Waals surface area contributed by atoms with E-state index in [2.05, 4.69) is 15.6 Å². The van der Waals surface area contributed by atoms with Crippen molar-refractivity contribution < 1.29 is 9.59 Å². The van der Waals surface area contributed by atoms with E-state index in [4.69, 9.17) is 0 Å². The highest BCUT2D eigenvalue weighted by molar-refractivity contribution is 6.08. The van der Waals surface area contributed by atoms with E-state index in [-0.39, 0.29) is 12.0 Å². The summed E-state index contributed by atoms with van der Waals surface area (Å²) in [7, 11) is 0. The van der Waals surface area contributed by atoms with E-state index in [1.165, 1.54) is 0 Å². The van der Waals surface area contributed by atoms with E-state index in [1.54, 1.807) is 28.8 Å². The zero-order valence-corrected chi connectivity index (χ0v) is 17.6. The number of fused-ring (bicyclic) bond motifs is 2. The molecule has 3 aromatic rings. The van der Waals surface area contributed by atoms with E-state index in [9.17, 15) is 14.4 Å². The first-order valence-corrected chi connectivity index (χ1v) is 10.8. The van der Waals surface area contributed by atoms with Crippen LogP contribution in [0.3, 0.4) is 0 Å². The second kappa shape index (κ2) is 9.12. The molecule has 4 rings (SSSR count). The van der Waals surface area contributed by atoms with E-state index < -0.39 is 11.8 Å². The maximum Gasteiger partial charge on any atom is 0.261 e. The second-order valence-corrected chi connectivity index (χ2v) is 7.85. The van der Waals surface area contributed by atoms with Gasteiger partial charge in [0.15, 0.2) is 0 Å². The molecule has 1 aliphatic rings. The molecular weight excluding hydrogens is 392 g/mol. The average Bonchev–Trinajstić information content (AvgIpc) is 3.00. The standard InChI is InChI=1S/C24H26N4O3/c1-2-16-7-6-8-17(13-16)25-22(29)15-23(30)26-18-10-11-20-19(14-18)24(31)28-12-5-3-4-9-21(28)27-20/h6-8,10-11,13-14H,2-5,9,12,15H2,1H3,(H,25,29)(H,26,30). The molecule has 0 radical (unpaired) electrons. The monoisotopic (exact) mass is 418 g/mol. The van der Waals surface area contributed by atoms with Crippen molar-refractivity contribution in [1.29, 1.82) is 0 Å². The Labute approximate surface area is 180 Å². The molecule has 2 aromatic carbocycles. The third kappa shape index (κ3) is 4.82. The fourth-order valence-corrected chi connectivity index (χ4v) is 3.92. The van der Waals surface area contributed by atoms with Gasteiger partial charge in [-0.15, -0.1) is 0 Å². The van der Waals surface area contributed by atoms with Gasteiger partial charge < -0.3 is 10.6 Å². The summed E-state index contributed by atoms with van der Waals surface area (Å²) in [6.07, 6.45) is 4.45. The van der Waals surface area contributed by atoms with Gasteiger partial charge in [-0.3, -0.25) is 19.0 Å². The van der Waals surface area contributed by atoms with Gasteiger partial charge in [0.05, 0.1) is 10.9 Å². The number of aryl methyl sites for hydroxylation is 2. The van der Waals surface area contributed by atoms with Crippen molar-refractivity contribution in [3.63, 3.8) is 0 Å². The number of hydrogen-bond acceptors (Lipinski definition) is 4. The summed E-state index contributed by atoms with van der Waals surface area (Å²) in [5.74, 6) is 0.000476. The maximum atomic E-state index is 12.9. The first-order chi connectivity index (χ1) is 15.0. The van der Waals surface area contributed by atoms with Gasteiger partial charge in [-0.1, -0.05) is 25.5 Å². The Balaban J connectivity index is 1.46. The molecule has 1 aliphatic heterocycles. The number of amides is 2. The lowest BCUT2D eigenvalue weighted by atomic mass is 10.1. The predicted octanol–water partition coefficient (Wildman–Crippen LogP) is 3.65. The van der Waals surface area contributed by atoms with Crippen LogP contribution in [0.2, 0.25) is 0 Å². The quantitative estimate of drug-likeness (QED) is 0.619. The Morgan fingerprint density at radius 2 is 1.77 bits per heavy atom. The number of anilines is 2. The van der Waals surface area contributed by atoms with Gasteiger partial charge in [0.2, 0.25) is 11.8 Å². The van der Waals surface area contributed by atoms with E-state index >= 15 is 0 Å². The molecule has 31 heavy (non-hydrogen) atoms. The Kier molecular flexibility index (Phi) is 6.11. The van der Waals surface area contributed by atoms with Crippen molar-refractivity contribution in [2.75, 3.05) is 10.6 Å². The average molecular weight is 418 g/mol. The van der Waals surface area contributed by atoms with Gasteiger partial charge in [-0.05, 0) is 55.2 Å². The summed E-state index contributed by atoms with van der Waals surface area (Å²) in [6, 6.07) is 12.6. The predicted molar refractivity (Wildman–Crippen MR) is 121 cm³/mol. The molecule has 0 saturated carbocycles. The van der Waals surface area contributed by atoms with E-state index in [0.29, 0.717) is 28.8 Å². The fourth-order valence-electron chi connectivity index (χ4n) is 3.92. The van der Waals surface area contributed by atoms with Crippen LogP contribution in [0.25, 0.3) is 10.9 Å². The van der Waals surface area contributed by atoms with Crippen molar-refractivity contribution in [2.45, 2.75) is 52.0 Å². The Hall–Kier alpha value is -3.48. The van der Waals surface area contributed by atoms with Crippen LogP contribution in [0, 0.1) is 0 Å². The summed E-state index contributed by atoms with van der Waals surface area (Å²) in [5, 5.41) is 5.94. The molecule has 0 aliphatic carbocycles. The van der Waals surface area contributed by atoms with Gasteiger partial charge in [0.25, 0.3) is 5.56 Å². The summed E-state index contributed by atoms with van der Waals surface area (Å²) in [4.78, 5) is 42.2. The second-order valence-electron chi connectivity index (χ2n) is 7.85. The van der Waals surface area contributed by atoms with Crippen molar-refractivity contribution in [3.8, 4) is 0 Å². The van der Waals surface area contributed by atoms with Crippen LogP contribution in [-0.4, -0.2) is 21.4 Å². The van der Waals surface area contributed by atoms with Crippen LogP contribution >= 0.6 is 0 Å². The van der Waals surface area contributed by atoms with Crippen molar-refractivity contribution in [1.82, 2.24) is 9.55 Å². The molecule has 0 bridgehead atoms. The van der Waals surface area contributed by atoms with Crippen LogP contribution in [0.4, 0.5) is 11.4 Å². The zero-order chi connectivity index (χ0) is 21.8. The minimum Gasteiger partial charge on any atom is -0.326 e. The summed E-state index contributed by atoms with van der Waals surface area (Å²) in [5.41, 5.74) is 2.81. The van der Waals surface area contributed by atoms with Gasteiger partial charge in [0.1, 0.15) is 12.2 Å². The number of nitrogens with one attached hydrogen (secondary N) is 2. The summed E-state index contributed by atoms with van der Waals surface area (Å²) < 4.78 is 1.75. The lowest BCUT2D eigenvalue weighted by Gasteiger charge is -2.11. The van der Waals surface area contributed by atoms with E-state index in [0.717, 1.165) is 43.5 Å². The molecule has 0 spiro atoms. The van der Waals surface area contributed by atoms with Crippen LogP contribution < -0.4 is 16.2 Å². The van der Waals surface area contributed by atoms with Gasteiger partial charge in [-0.2, -0.15) is 0 Å². The van der Waals surface area contributed by atoms with Gasteiger partial charge in [0, 0.05) is 24.3 Å². The molecule has 0 unspecified atom stereocenters. The fraction of sp³-hybridized carbons (Fsp3) is 0.333. The van der Waals surface area contributed by atoms with Crippen LogP contribution in [0.1, 0.15) is 44.0 Å². The number of hydrogen-bond donors (Lipinski definition) is 2. The first-order valence-electron chi connectivity index (χ1n) is 10.8. The molecule has 160 valence electrons. The number of carbonyl (C=O) groups is 2. The number of carbonyl (C=O) groups excluding carboxylic acids is 2. The third-order valence-electron chi connectivity index (χ3n) is 5.54. The van der Waals surface area contributed by atoms with Crippen molar-refractivity contribution >= 4 is 34.1 Å². The largest absolute Gasteiger partial charge is 0.326 e. The molecule has 7 heteroatoms. The molecule has 0 atom stereocenters. The van der Waals surface area contributed by atoms with Gasteiger partial charge >= 0.3 is 0 Å². The molecular formula is C24H26N4O3. The Bertz CT molecular complexity index is 1200. The smallest absolute Gasteiger partial charge is 0.261 e. The Morgan fingerprint density at radius 3 is 2.55 bits per heavy atom.